The molecule has 2 N–H and O–H groups in total. The molecule has 0 aliphatic heterocycles. The molecule has 1 aliphatic rings. The van der Waals surface area contributed by atoms with Crippen molar-refractivity contribution in [3.05, 3.63) is 71.9 Å². The molecule has 1 saturated carbocycles. The number of benzene rings is 2. The zero-order valence-electron chi connectivity index (χ0n) is 17.6. The molecular weight excluding hydrogens is 411 g/mol. The van der Waals surface area contributed by atoms with Crippen molar-refractivity contribution in [3.8, 4) is 0 Å². The third-order valence-electron chi connectivity index (χ3n) is 6.06. The maximum absolute atomic E-state index is 14.4. The minimum absolute atomic E-state index is 0.243. The normalized spacial score (nSPS) is 16.1. The maximum atomic E-state index is 14.4. The first-order chi connectivity index (χ1) is 15.0. The summed E-state index contributed by atoms with van der Waals surface area (Å²) in [6.07, 6.45) is 9.74. The molecule has 0 atom stereocenters. The van der Waals surface area contributed by atoms with Crippen LogP contribution in [0.4, 0.5) is 4.39 Å². The first-order valence-electron chi connectivity index (χ1n) is 11.0. The van der Waals surface area contributed by atoms with E-state index in [-0.39, 0.29) is 10.6 Å². The molecule has 1 aliphatic carbocycles. The van der Waals surface area contributed by atoms with Crippen molar-refractivity contribution in [1.82, 2.24) is 10.3 Å². The van der Waals surface area contributed by atoms with E-state index in [1.54, 1.807) is 30.3 Å². The lowest BCUT2D eigenvalue weighted by Crippen LogP contribution is -2.32. The molecule has 0 amide bonds. The fraction of sp³-hybridized carbons (Fsp3) is 0.360. The molecule has 3 aromatic rings. The lowest BCUT2D eigenvalue weighted by molar-refractivity contribution is 0.376. The number of nitrogens with one attached hydrogen (secondary N) is 2. The van der Waals surface area contributed by atoms with Crippen molar-refractivity contribution in [2.75, 3.05) is 12.3 Å². The number of halogens is 1. The number of aromatic amines is 1. The Morgan fingerprint density at radius 3 is 2.61 bits per heavy atom. The minimum atomic E-state index is -3.68. The van der Waals surface area contributed by atoms with Gasteiger partial charge >= 0.3 is 0 Å². The van der Waals surface area contributed by atoms with Crippen LogP contribution in [-0.2, 0) is 16.3 Å². The molecule has 0 radical (unpaired) electrons. The van der Waals surface area contributed by atoms with E-state index in [1.807, 2.05) is 18.2 Å². The van der Waals surface area contributed by atoms with Gasteiger partial charge in [-0.15, -0.1) is 0 Å². The molecule has 1 aromatic heterocycles. The monoisotopic (exact) mass is 440 g/mol. The Kier molecular flexibility index (Phi) is 6.88. The maximum Gasteiger partial charge on any atom is 0.184 e. The zero-order valence-corrected chi connectivity index (χ0v) is 18.4. The third-order valence-corrected chi connectivity index (χ3v) is 7.65. The molecule has 164 valence electrons. The van der Waals surface area contributed by atoms with Gasteiger partial charge in [-0.3, -0.25) is 0 Å². The highest BCUT2D eigenvalue weighted by Crippen LogP contribution is 2.28. The van der Waals surface area contributed by atoms with Crippen molar-refractivity contribution in [3.63, 3.8) is 0 Å². The van der Waals surface area contributed by atoms with E-state index in [9.17, 15) is 12.8 Å². The summed E-state index contributed by atoms with van der Waals surface area (Å²) >= 11 is 0. The number of sulfone groups is 1. The van der Waals surface area contributed by atoms with Gasteiger partial charge in [-0.05, 0) is 43.5 Å². The molecule has 0 unspecified atom stereocenters. The Labute approximate surface area is 183 Å². The van der Waals surface area contributed by atoms with Gasteiger partial charge in [0.25, 0.3) is 0 Å². The quantitative estimate of drug-likeness (QED) is 0.492. The Morgan fingerprint density at radius 2 is 1.84 bits per heavy atom. The molecule has 0 spiro atoms. The van der Waals surface area contributed by atoms with Gasteiger partial charge in [0.2, 0.25) is 0 Å². The summed E-state index contributed by atoms with van der Waals surface area (Å²) in [6, 6.07) is 14.9. The molecule has 31 heavy (non-hydrogen) atoms. The van der Waals surface area contributed by atoms with Gasteiger partial charge < -0.3 is 10.3 Å². The number of hydrogen-bond donors (Lipinski definition) is 2. The summed E-state index contributed by atoms with van der Waals surface area (Å²) in [6.45, 7) is 0.816. The van der Waals surface area contributed by atoms with Crippen LogP contribution >= 0.6 is 0 Å². The smallest absolute Gasteiger partial charge is 0.184 e. The largest absolute Gasteiger partial charge is 0.360 e. The molecule has 2 aromatic carbocycles. The Bertz CT molecular complexity index is 1150. The summed E-state index contributed by atoms with van der Waals surface area (Å²) in [4.78, 5) is 3.32. The Hall–Kier alpha value is -2.44. The van der Waals surface area contributed by atoms with E-state index in [1.165, 1.54) is 38.3 Å². The van der Waals surface area contributed by atoms with E-state index >= 15 is 0 Å². The predicted molar refractivity (Wildman–Crippen MR) is 124 cm³/mol. The zero-order chi connectivity index (χ0) is 21.7. The van der Waals surface area contributed by atoms with Crippen molar-refractivity contribution in [2.24, 2.45) is 0 Å². The van der Waals surface area contributed by atoms with Crippen LogP contribution in [0.5, 0.6) is 0 Å². The SMILES string of the molecule is O=S(=O)(CC=C(F)c1ccccc1)c1c[nH]c2cccc(CCNC3CCCCC3)c12. The van der Waals surface area contributed by atoms with Gasteiger partial charge in [0, 0.05) is 28.7 Å². The summed E-state index contributed by atoms with van der Waals surface area (Å²) in [7, 11) is -3.68. The fourth-order valence-corrected chi connectivity index (χ4v) is 5.72. The molecule has 0 bridgehead atoms. The van der Waals surface area contributed by atoms with Crippen LogP contribution in [-0.4, -0.2) is 31.7 Å². The summed E-state index contributed by atoms with van der Waals surface area (Å²) in [5, 5.41) is 4.35. The lowest BCUT2D eigenvalue weighted by atomic mass is 9.95. The third kappa shape index (κ3) is 5.25. The van der Waals surface area contributed by atoms with Crippen LogP contribution in [0.3, 0.4) is 0 Å². The topological polar surface area (TPSA) is 62.0 Å². The highest BCUT2D eigenvalue weighted by atomic mass is 32.2. The van der Waals surface area contributed by atoms with Gasteiger partial charge in [-0.1, -0.05) is 61.7 Å². The highest BCUT2D eigenvalue weighted by molar-refractivity contribution is 7.91. The average Bonchev–Trinajstić information content (AvgIpc) is 3.25. The number of hydrogen-bond acceptors (Lipinski definition) is 3. The molecule has 1 heterocycles. The van der Waals surface area contributed by atoms with Gasteiger partial charge in [-0.2, -0.15) is 0 Å². The van der Waals surface area contributed by atoms with Gasteiger partial charge in [0.05, 0.1) is 10.6 Å². The lowest BCUT2D eigenvalue weighted by Gasteiger charge is -2.22. The number of fused-ring (bicyclic) bond motifs is 1. The standard InChI is InChI=1S/C25H29FN2O2S/c26-22(19-8-3-1-4-9-19)15-17-31(29,30)24-18-28-23-13-7-10-20(25(23)24)14-16-27-21-11-5-2-6-12-21/h1,3-4,7-10,13,15,18,21,27-28H,2,5-6,11-12,14,16-17H2. The van der Waals surface area contributed by atoms with Crippen molar-refractivity contribution >= 4 is 26.6 Å². The molecule has 0 saturated heterocycles. The van der Waals surface area contributed by atoms with E-state index in [0.717, 1.165) is 35.5 Å². The van der Waals surface area contributed by atoms with Crippen molar-refractivity contribution < 1.29 is 12.8 Å². The average molecular weight is 441 g/mol. The van der Waals surface area contributed by atoms with E-state index in [0.29, 0.717) is 11.6 Å². The first kappa shape index (κ1) is 21.8. The van der Waals surface area contributed by atoms with Crippen LogP contribution < -0.4 is 5.32 Å². The molecule has 6 heteroatoms. The summed E-state index contributed by atoms with van der Waals surface area (Å²) < 4.78 is 40.6. The Balaban J connectivity index is 1.53. The highest BCUT2D eigenvalue weighted by Gasteiger charge is 2.21. The van der Waals surface area contributed by atoms with Crippen LogP contribution in [0.1, 0.15) is 43.2 Å². The van der Waals surface area contributed by atoms with Gasteiger partial charge in [0.15, 0.2) is 9.84 Å². The minimum Gasteiger partial charge on any atom is -0.360 e. The van der Waals surface area contributed by atoms with Crippen LogP contribution in [0.25, 0.3) is 16.7 Å². The summed E-state index contributed by atoms with van der Waals surface area (Å²) in [5.41, 5.74) is 2.17. The second-order valence-electron chi connectivity index (χ2n) is 8.23. The fourth-order valence-electron chi connectivity index (χ4n) is 4.39. The number of H-pyrrole nitrogens is 1. The van der Waals surface area contributed by atoms with Crippen LogP contribution in [0.2, 0.25) is 0 Å². The van der Waals surface area contributed by atoms with Gasteiger partial charge in [0.1, 0.15) is 5.83 Å². The summed E-state index contributed by atoms with van der Waals surface area (Å²) in [5.74, 6) is -0.907. The second-order valence-corrected chi connectivity index (χ2v) is 10.2. The number of aromatic nitrogens is 1. The van der Waals surface area contributed by atoms with Crippen LogP contribution in [0, 0.1) is 0 Å². The predicted octanol–water partition coefficient (Wildman–Crippen LogP) is 5.42. The first-order valence-corrected chi connectivity index (χ1v) is 12.7. The molecule has 4 nitrogen and oxygen atoms in total. The second kappa shape index (κ2) is 9.79. The number of rotatable bonds is 8. The molecule has 4 rings (SSSR count). The van der Waals surface area contributed by atoms with Gasteiger partial charge in [-0.25, -0.2) is 12.8 Å². The Morgan fingerprint density at radius 1 is 1.06 bits per heavy atom. The van der Waals surface area contributed by atoms with E-state index < -0.39 is 15.7 Å². The van der Waals surface area contributed by atoms with E-state index in [4.69, 9.17) is 0 Å². The molecule has 1 fully saturated rings. The van der Waals surface area contributed by atoms with Crippen molar-refractivity contribution in [1.29, 1.82) is 0 Å². The van der Waals surface area contributed by atoms with Crippen LogP contribution in [0.15, 0.2) is 65.7 Å². The van der Waals surface area contributed by atoms with E-state index in [2.05, 4.69) is 10.3 Å². The van der Waals surface area contributed by atoms with Crippen molar-refractivity contribution in [2.45, 2.75) is 49.5 Å². The molecular formula is C25H29FN2O2S.